The van der Waals surface area contributed by atoms with Crippen LogP contribution in [0.3, 0.4) is 0 Å². The Balaban J connectivity index is 2.87. The van der Waals surface area contributed by atoms with E-state index in [1.54, 1.807) is 25.1 Å². The van der Waals surface area contributed by atoms with Crippen LogP contribution in [0.15, 0.2) is 29.2 Å². The predicted molar refractivity (Wildman–Crippen MR) is 75.8 cm³/mol. The van der Waals surface area contributed by atoms with Gasteiger partial charge in [0.05, 0.1) is 4.90 Å². The molecule has 1 rings (SSSR count). The van der Waals surface area contributed by atoms with Crippen LogP contribution in [0.5, 0.6) is 0 Å². The zero-order valence-corrected chi connectivity index (χ0v) is 12.2. The quantitative estimate of drug-likeness (QED) is 0.617. The van der Waals surface area contributed by atoms with Crippen LogP contribution in [0.25, 0.3) is 0 Å². The molecular weight excluding hydrogens is 280 g/mol. The highest BCUT2D eigenvalue weighted by molar-refractivity contribution is 7.89. The molecule has 0 amide bonds. The summed E-state index contributed by atoms with van der Waals surface area (Å²) in [5.74, 6) is -1.18. The summed E-state index contributed by atoms with van der Waals surface area (Å²) in [7, 11) is -3.83. The van der Waals surface area contributed by atoms with Crippen LogP contribution >= 0.6 is 0 Å². The van der Waals surface area contributed by atoms with E-state index in [-0.39, 0.29) is 11.3 Å². The number of nitrogens with one attached hydrogen (secondary N) is 1. The van der Waals surface area contributed by atoms with Gasteiger partial charge in [0, 0.05) is 0 Å². The van der Waals surface area contributed by atoms with E-state index in [0.29, 0.717) is 24.9 Å². The third-order valence-corrected chi connectivity index (χ3v) is 4.56. The second kappa shape index (κ2) is 7.37. The molecule has 112 valence electrons. The summed E-state index contributed by atoms with van der Waals surface area (Å²) < 4.78 is 26.6. The lowest BCUT2D eigenvalue weighted by Crippen LogP contribution is -2.40. The van der Waals surface area contributed by atoms with E-state index in [4.69, 9.17) is 10.8 Å². The molecule has 20 heavy (non-hydrogen) atoms. The summed E-state index contributed by atoms with van der Waals surface area (Å²) in [6.07, 6.45) is 1.44. The molecule has 0 heterocycles. The molecule has 0 aliphatic carbocycles. The second-order valence-electron chi connectivity index (χ2n) is 4.56. The van der Waals surface area contributed by atoms with Crippen LogP contribution < -0.4 is 10.5 Å². The number of carboxylic acids is 1. The summed E-state index contributed by atoms with van der Waals surface area (Å²) in [5, 5.41) is 9.09. The Hall–Kier alpha value is -1.44. The van der Waals surface area contributed by atoms with Gasteiger partial charge in [0.1, 0.15) is 6.04 Å². The first-order chi connectivity index (χ1) is 9.38. The molecule has 0 aliphatic heterocycles. The van der Waals surface area contributed by atoms with Crippen LogP contribution in [0.1, 0.15) is 24.8 Å². The third kappa shape index (κ3) is 4.59. The minimum absolute atomic E-state index is 0.102. The maximum Gasteiger partial charge on any atom is 0.321 e. The smallest absolute Gasteiger partial charge is 0.321 e. The normalized spacial score (nSPS) is 13.1. The van der Waals surface area contributed by atoms with Gasteiger partial charge in [0.2, 0.25) is 10.0 Å². The van der Waals surface area contributed by atoms with Crippen molar-refractivity contribution in [3.8, 4) is 0 Å². The Morgan fingerprint density at radius 2 is 2.00 bits per heavy atom. The molecule has 0 spiro atoms. The van der Waals surface area contributed by atoms with Crippen molar-refractivity contribution in [1.29, 1.82) is 0 Å². The first kappa shape index (κ1) is 16.6. The summed E-state index contributed by atoms with van der Waals surface area (Å²) in [4.78, 5) is 11.2. The van der Waals surface area contributed by atoms with Crippen molar-refractivity contribution in [3.63, 3.8) is 0 Å². The monoisotopic (exact) mass is 300 g/mol. The summed E-state index contributed by atoms with van der Waals surface area (Å²) in [6, 6.07) is 5.32. The fraction of sp³-hybridized carbons (Fsp3) is 0.462. The van der Waals surface area contributed by atoms with Crippen LogP contribution in [0, 0.1) is 6.92 Å². The van der Waals surface area contributed by atoms with E-state index < -0.39 is 22.0 Å². The Labute approximate surface area is 119 Å². The molecule has 0 fully saturated rings. The molecule has 1 aromatic rings. The summed E-state index contributed by atoms with van der Waals surface area (Å²) in [5.41, 5.74) is 5.92. The molecule has 0 saturated carbocycles. The number of aryl methyl sites for hydroxylation is 1. The average Bonchev–Trinajstić information content (AvgIpc) is 2.37. The molecule has 7 heteroatoms. The van der Waals surface area contributed by atoms with E-state index in [0.717, 1.165) is 0 Å². The summed E-state index contributed by atoms with van der Waals surface area (Å²) in [6.45, 7) is 2.12. The standard InChI is InChI=1S/C13H20N2O4S/c1-10-6-2-3-8-12(10)20(18,19)15-11(13(16)17)7-4-5-9-14/h2-3,6,8,11,15H,4-5,7,9,14H2,1H3,(H,16,17)/t11-/m0/s1. The Morgan fingerprint density at radius 3 is 2.55 bits per heavy atom. The molecule has 0 aliphatic rings. The van der Waals surface area contributed by atoms with Crippen LogP contribution in [-0.4, -0.2) is 32.1 Å². The van der Waals surface area contributed by atoms with Crippen molar-refractivity contribution < 1.29 is 18.3 Å². The molecule has 0 unspecified atom stereocenters. The number of benzene rings is 1. The van der Waals surface area contributed by atoms with E-state index >= 15 is 0 Å². The number of hydrogen-bond acceptors (Lipinski definition) is 4. The highest BCUT2D eigenvalue weighted by atomic mass is 32.2. The largest absolute Gasteiger partial charge is 0.480 e. The van der Waals surface area contributed by atoms with Crippen LogP contribution in [-0.2, 0) is 14.8 Å². The minimum Gasteiger partial charge on any atom is -0.480 e. The number of carboxylic acid groups (broad SMARTS) is 1. The fourth-order valence-corrected chi connectivity index (χ4v) is 3.30. The van der Waals surface area contributed by atoms with E-state index in [1.807, 2.05) is 0 Å². The number of unbranched alkanes of at least 4 members (excludes halogenated alkanes) is 1. The molecule has 0 bridgehead atoms. The first-order valence-electron chi connectivity index (χ1n) is 6.39. The molecule has 1 aromatic carbocycles. The van der Waals surface area contributed by atoms with Gasteiger partial charge in [-0.1, -0.05) is 24.6 Å². The summed E-state index contributed by atoms with van der Waals surface area (Å²) >= 11 is 0. The van der Waals surface area contributed by atoms with Gasteiger partial charge in [-0.05, 0) is 37.9 Å². The number of rotatable bonds is 8. The van der Waals surface area contributed by atoms with Crippen molar-refractivity contribution in [2.24, 2.45) is 5.73 Å². The number of sulfonamides is 1. The van der Waals surface area contributed by atoms with Crippen molar-refractivity contribution in [1.82, 2.24) is 4.72 Å². The minimum atomic E-state index is -3.83. The number of nitrogens with two attached hydrogens (primary N) is 1. The van der Waals surface area contributed by atoms with Crippen LogP contribution in [0.2, 0.25) is 0 Å². The fourth-order valence-electron chi connectivity index (χ4n) is 1.83. The third-order valence-electron chi connectivity index (χ3n) is 2.93. The van der Waals surface area contributed by atoms with E-state index in [2.05, 4.69) is 4.72 Å². The average molecular weight is 300 g/mol. The molecule has 6 nitrogen and oxygen atoms in total. The van der Waals surface area contributed by atoms with Crippen molar-refractivity contribution >= 4 is 16.0 Å². The molecule has 4 N–H and O–H groups in total. The zero-order chi connectivity index (χ0) is 15.2. The maximum atomic E-state index is 12.2. The zero-order valence-electron chi connectivity index (χ0n) is 11.4. The lowest BCUT2D eigenvalue weighted by molar-refractivity contribution is -0.139. The van der Waals surface area contributed by atoms with Crippen molar-refractivity contribution in [3.05, 3.63) is 29.8 Å². The van der Waals surface area contributed by atoms with E-state index in [1.165, 1.54) is 6.07 Å². The van der Waals surface area contributed by atoms with Crippen molar-refractivity contribution in [2.45, 2.75) is 37.1 Å². The van der Waals surface area contributed by atoms with Gasteiger partial charge < -0.3 is 10.8 Å². The van der Waals surface area contributed by atoms with Gasteiger partial charge in [-0.25, -0.2) is 8.42 Å². The highest BCUT2D eigenvalue weighted by Gasteiger charge is 2.25. The molecule has 0 radical (unpaired) electrons. The predicted octanol–water partition coefficient (Wildman–Crippen LogP) is 0.856. The Morgan fingerprint density at radius 1 is 1.35 bits per heavy atom. The molecule has 1 atom stereocenters. The lowest BCUT2D eigenvalue weighted by atomic mass is 10.1. The second-order valence-corrected chi connectivity index (χ2v) is 6.24. The maximum absolute atomic E-state index is 12.2. The SMILES string of the molecule is Cc1ccccc1S(=O)(=O)N[C@@H](CCCCN)C(=O)O. The van der Waals surface area contributed by atoms with Crippen molar-refractivity contribution in [2.75, 3.05) is 6.54 Å². The number of aliphatic carboxylic acids is 1. The van der Waals surface area contributed by atoms with Gasteiger partial charge in [0.15, 0.2) is 0 Å². The molecule has 0 saturated heterocycles. The van der Waals surface area contributed by atoms with E-state index in [9.17, 15) is 13.2 Å². The van der Waals surface area contributed by atoms with Crippen LogP contribution in [0.4, 0.5) is 0 Å². The highest BCUT2D eigenvalue weighted by Crippen LogP contribution is 2.15. The van der Waals surface area contributed by atoms with Gasteiger partial charge in [0.25, 0.3) is 0 Å². The topological polar surface area (TPSA) is 109 Å². The Bertz CT molecular complexity index is 557. The molecule has 0 aromatic heterocycles. The Kier molecular flexibility index (Phi) is 6.12. The van der Waals surface area contributed by atoms with Gasteiger partial charge in [-0.3, -0.25) is 4.79 Å². The van der Waals surface area contributed by atoms with Gasteiger partial charge in [-0.2, -0.15) is 4.72 Å². The lowest BCUT2D eigenvalue weighted by Gasteiger charge is -2.15. The van der Waals surface area contributed by atoms with Gasteiger partial charge in [-0.15, -0.1) is 0 Å². The van der Waals surface area contributed by atoms with Gasteiger partial charge >= 0.3 is 5.97 Å². The number of carbonyl (C=O) groups is 1. The molecular formula is C13H20N2O4S. The first-order valence-corrected chi connectivity index (χ1v) is 7.87. The number of hydrogen-bond donors (Lipinski definition) is 3.